The topological polar surface area (TPSA) is 64.0 Å². The van der Waals surface area contributed by atoms with Crippen molar-refractivity contribution in [3.63, 3.8) is 0 Å². The standard InChI is InChI=1S/C13H16ClN3O2S/c1-15-12(13-11(14)8-16-17(13)2)9-4-6-10(7-5-9)20(3,18)19/h4-8,12,15H,1-3H3. The first kappa shape index (κ1) is 15.0. The van der Waals surface area contributed by atoms with E-state index in [1.54, 1.807) is 35.1 Å². The molecule has 0 spiro atoms. The molecule has 7 heteroatoms. The summed E-state index contributed by atoms with van der Waals surface area (Å²) in [6.45, 7) is 0. The van der Waals surface area contributed by atoms with Gasteiger partial charge in [0.25, 0.3) is 0 Å². The van der Waals surface area contributed by atoms with Crippen molar-refractivity contribution >= 4 is 21.4 Å². The number of nitrogens with zero attached hydrogens (tertiary/aromatic N) is 2. The van der Waals surface area contributed by atoms with Gasteiger partial charge >= 0.3 is 0 Å². The van der Waals surface area contributed by atoms with Crippen LogP contribution < -0.4 is 5.32 Å². The quantitative estimate of drug-likeness (QED) is 0.934. The zero-order valence-corrected chi connectivity index (χ0v) is 13.0. The van der Waals surface area contributed by atoms with Crippen LogP contribution in [0.1, 0.15) is 17.3 Å². The molecule has 1 heterocycles. The second-order valence-corrected chi connectivity index (χ2v) is 6.99. The number of nitrogens with one attached hydrogen (secondary N) is 1. The van der Waals surface area contributed by atoms with Crippen LogP contribution in [0.15, 0.2) is 35.4 Å². The van der Waals surface area contributed by atoms with E-state index in [2.05, 4.69) is 10.4 Å². The van der Waals surface area contributed by atoms with Crippen LogP contribution in [0.4, 0.5) is 0 Å². The Labute approximate surface area is 123 Å². The van der Waals surface area contributed by atoms with Crippen LogP contribution in [-0.2, 0) is 16.9 Å². The number of benzene rings is 1. The summed E-state index contributed by atoms with van der Waals surface area (Å²) in [6.07, 6.45) is 2.78. The van der Waals surface area contributed by atoms with Crippen LogP contribution in [0.3, 0.4) is 0 Å². The van der Waals surface area contributed by atoms with Gasteiger partial charge in [-0.25, -0.2) is 8.42 Å². The Bertz CT molecular complexity index is 688. The summed E-state index contributed by atoms with van der Waals surface area (Å²) in [7, 11) is 0.448. The van der Waals surface area contributed by atoms with E-state index in [4.69, 9.17) is 11.6 Å². The molecule has 5 nitrogen and oxygen atoms in total. The lowest BCUT2D eigenvalue weighted by Crippen LogP contribution is -2.21. The molecule has 1 aromatic heterocycles. The molecule has 0 saturated carbocycles. The van der Waals surface area contributed by atoms with E-state index in [-0.39, 0.29) is 6.04 Å². The van der Waals surface area contributed by atoms with E-state index >= 15 is 0 Å². The van der Waals surface area contributed by atoms with Gasteiger partial charge in [0.05, 0.1) is 27.9 Å². The second-order valence-electron chi connectivity index (χ2n) is 4.56. The maximum atomic E-state index is 11.5. The van der Waals surface area contributed by atoms with Crippen molar-refractivity contribution in [1.29, 1.82) is 0 Å². The summed E-state index contributed by atoms with van der Waals surface area (Å²) in [5, 5.41) is 7.85. The fraction of sp³-hybridized carbons (Fsp3) is 0.308. The molecule has 0 bridgehead atoms. The van der Waals surface area contributed by atoms with Gasteiger partial charge in [-0.15, -0.1) is 0 Å². The Morgan fingerprint density at radius 2 is 1.90 bits per heavy atom. The lowest BCUT2D eigenvalue weighted by atomic mass is 10.0. The van der Waals surface area contributed by atoms with E-state index in [1.165, 1.54) is 6.26 Å². The van der Waals surface area contributed by atoms with E-state index in [9.17, 15) is 8.42 Å². The van der Waals surface area contributed by atoms with Crippen molar-refractivity contribution in [2.75, 3.05) is 13.3 Å². The number of hydrogen-bond acceptors (Lipinski definition) is 4. The van der Waals surface area contributed by atoms with Crippen molar-refractivity contribution in [2.45, 2.75) is 10.9 Å². The van der Waals surface area contributed by atoms with E-state index in [1.807, 2.05) is 14.1 Å². The fourth-order valence-electron chi connectivity index (χ4n) is 2.11. The Morgan fingerprint density at radius 1 is 1.30 bits per heavy atom. The average Bonchev–Trinajstić information content (AvgIpc) is 2.71. The third kappa shape index (κ3) is 2.87. The summed E-state index contributed by atoms with van der Waals surface area (Å²) < 4.78 is 24.6. The molecule has 0 aliphatic heterocycles. The second kappa shape index (κ2) is 5.55. The van der Waals surface area contributed by atoms with Crippen LogP contribution >= 0.6 is 11.6 Å². The number of sulfone groups is 1. The van der Waals surface area contributed by atoms with Gasteiger partial charge < -0.3 is 5.32 Å². The highest BCUT2D eigenvalue weighted by Gasteiger charge is 2.20. The molecule has 108 valence electrons. The number of aromatic nitrogens is 2. The Morgan fingerprint density at radius 3 is 2.30 bits per heavy atom. The van der Waals surface area contributed by atoms with Gasteiger partial charge in [-0.2, -0.15) is 5.10 Å². The maximum absolute atomic E-state index is 11.5. The van der Waals surface area contributed by atoms with Gasteiger partial charge in [-0.05, 0) is 24.7 Å². The molecule has 0 aliphatic rings. The lowest BCUT2D eigenvalue weighted by Gasteiger charge is -2.18. The van der Waals surface area contributed by atoms with Crippen LogP contribution in [-0.4, -0.2) is 31.5 Å². The van der Waals surface area contributed by atoms with Gasteiger partial charge in [-0.1, -0.05) is 23.7 Å². The average molecular weight is 314 g/mol. The SMILES string of the molecule is CNC(c1ccc(S(C)(=O)=O)cc1)c1c(Cl)cnn1C. The van der Waals surface area contributed by atoms with Gasteiger partial charge in [0.15, 0.2) is 9.84 Å². The molecule has 2 aromatic rings. The van der Waals surface area contributed by atoms with E-state index in [0.29, 0.717) is 9.92 Å². The molecule has 0 aliphatic carbocycles. The van der Waals surface area contributed by atoms with Crippen LogP contribution in [0, 0.1) is 0 Å². The summed E-state index contributed by atoms with van der Waals surface area (Å²) in [5.74, 6) is 0. The smallest absolute Gasteiger partial charge is 0.175 e. The molecule has 0 amide bonds. The Kier molecular flexibility index (Phi) is 4.17. The summed E-state index contributed by atoms with van der Waals surface area (Å²) in [6, 6.07) is 6.60. The predicted octanol–water partition coefficient (Wildman–Crippen LogP) is 1.79. The molecule has 0 radical (unpaired) electrons. The number of rotatable bonds is 4. The third-order valence-electron chi connectivity index (χ3n) is 3.14. The number of aryl methyl sites for hydroxylation is 1. The van der Waals surface area contributed by atoms with Gasteiger partial charge in [0.1, 0.15) is 0 Å². The third-order valence-corrected chi connectivity index (χ3v) is 4.56. The van der Waals surface area contributed by atoms with Crippen LogP contribution in [0.5, 0.6) is 0 Å². The molecular weight excluding hydrogens is 298 g/mol. The lowest BCUT2D eigenvalue weighted by molar-refractivity contribution is 0.599. The highest BCUT2D eigenvalue weighted by Crippen LogP contribution is 2.28. The van der Waals surface area contributed by atoms with Crippen molar-refractivity contribution in [3.8, 4) is 0 Å². The molecule has 1 unspecified atom stereocenters. The van der Waals surface area contributed by atoms with E-state index < -0.39 is 9.84 Å². The summed E-state index contributed by atoms with van der Waals surface area (Å²) >= 11 is 6.15. The minimum absolute atomic E-state index is 0.149. The molecule has 0 fully saturated rings. The zero-order chi connectivity index (χ0) is 14.9. The van der Waals surface area contributed by atoms with Crippen molar-refractivity contribution in [3.05, 3.63) is 46.7 Å². The Balaban J connectivity index is 2.43. The summed E-state index contributed by atoms with van der Waals surface area (Å²) in [5.41, 5.74) is 1.76. The normalized spacial score (nSPS) is 13.4. The van der Waals surface area contributed by atoms with Crippen molar-refractivity contribution in [1.82, 2.24) is 15.1 Å². The first-order chi connectivity index (χ1) is 9.34. The summed E-state index contributed by atoms with van der Waals surface area (Å²) in [4.78, 5) is 0.298. The minimum atomic E-state index is -3.19. The molecule has 0 saturated heterocycles. The van der Waals surface area contributed by atoms with Gasteiger partial charge in [0, 0.05) is 13.3 Å². The largest absolute Gasteiger partial charge is 0.308 e. The highest BCUT2D eigenvalue weighted by atomic mass is 35.5. The first-order valence-electron chi connectivity index (χ1n) is 5.99. The molecular formula is C13H16ClN3O2S. The van der Waals surface area contributed by atoms with Crippen molar-refractivity contribution < 1.29 is 8.42 Å². The van der Waals surface area contributed by atoms with Gasteiger partial charge in [0.2, 0.25) is 0 Å². The number of hydrogen-bond donors (Lipinski definition) is 1. The molecule has 1 aromatic carbocycles. The van der Waals surface area contributed by atoms with Crippen LogP contribution in [0.2, 0.25) is 5.02 Å². The van der Waals surface area contributed by atoms with Crippen LogP contribution in [0.25, 0.3) is 0 Å². The molecule has 1 N–H and O–H groups in total. The van der Waals surface area contributed by atoms with Crippen molar-refractivity contribution in [2.24, 2.45) is 7.05 Å². The van der Waals surface area contributed by atoms with E-state index in [0.717, 1.165) is 11.3 Å². The first-order valence-corrected chi connectivity index (χ1v) is 8.26. The Hall–Kier alpha value is -1.37. The predicted molar refractivity (Wildman–Crippen MR) is 78.7 cm³/mol. The highest BCUT2D eigenvalue weighted by molar-refractivity contribution is 7.90. The number of halogens is 1. The monoisotopic (exact) mass is 313 g/mol. The fourth-order valence-corrected chi connectivity index (χ4v) is 3.02. The molecule has 2 rings (SSSR count). The van der Waals surface area contributed by atoms with Gasteiger partial charge in [-0.3, -0.25) is 4.68 Å². The molecule has 1 atom stereocenters. The maximum Gasteiger partial charge on any atom is 0.175 e. The zero-order valence-electron chi connectivity index (χ0n) is 11.5. The molecule has 20 heavy (non-hydrogen) atoms. The minimum Gasteiger partial charge on any atom is -0.308 e.